The van der Waals surface area contributed by atoms with Gasteiger partial charge < -0.3 is 10.1 Å². The van der Waals surface area contributed by atoms with Crippen molar-refractivity contribution in [1.29, 1.82) is 0 Å². The van der Waals surface area contributed by atoms with Crippen LogP contribution in [-0.4, -0.2) is 18.3 Å². The normalized spacial score (nSPS) is 8.77. The maximum Gasteiger partial charge on any atom is 0.256 e. The molecule has 13 heavy (non-hydrogen) atoms. The van der Waals surface area contributed by atoms with Crippen LogP contribution in [0.1, 0.15) is 39.5 Å². The molecule has 0 unspecified atom stereocenters. The maximum atomic E-state index is 5.25. The van der Waals surface area contributed by atoms with Crippen molar-refractivity contribution in [1.82, 2.24) is 5.32 Å². The first-order valence-corrected chi connectivity index (χ1v) is 5.12. The van der Waals surface area contributed by atoms with Gasteiger partial charge in [-0.15, -0.1) is 0 Å². The van der Waals surface area contributed by atoms with Crippen molar-refractivity contribution < 1.29 is 21.2 Å². The van der Waals surface area contributed by atoms with Gasteiger partial charge >= 0.3 is 0 Å². The molecule has 0 radical (unpaired) electrons. The number of thiocarbonyl (C=S) groups is 1. The van der Waals surface area contributed by atoms with Gasteiger partial charge in [-0.2, -0.15) is 0 Å². The molecule has 1 N–H and O–H groups in total. The molecule has 0 aliphatic rings. The monoisotopic (exact) mass is 247 g/mol. The van der Waals surface area contributed by atoms with Crippen LogP contribution >= 0.6 is 12.2 Å². The number of ether oxygens (including phenoxy) is 1. The van der Waals surface area contributed by atoms with E-state index in [1.165, 1.54) is 6.42 Å². The van der Waals surface area contributed by atoms with E-state index < -0.39 is 0 Å². The van der Waals surface area contributed by atoms with Crippen molar-refractivity contribution >= 4 is 17.4 Å². The molecule has 0 rings (SSSR count). The summed E-state index contributed by atoms with van der Waals surface area (Å²) < 4.78 is 5.25. The second kappa shape index (κ2) is 12.2. The van der Waals surface area contributed by atoms with Gasteiger partial charge in [-0.25, -0.2) is 0 Å². The number of unbranched alkanes of at least 4 members (excludes halogenated alkanes) is 2. The zero-order chi connectivity index (χ0) is 9.23. The Bertz CT molecular complexity index is 110. The van der Waals surface area contributed by atoms with Crippen LogP contribution in [0.3, 0.4) is 0 Å². The largest absolute Gasteiger partial charge is 0.471 e. The van der Waals surface area contributed by atoms with E-state index in [2.05, 4.69) is 19.2 Å². The first-order valence-electron chi connectivity index (χ1n) is 4.71. The SMILES string of the molecule is CCCCNC(=S)OCCCC.[Ni]. The Balaban J connectivity index is 0. The Kier molecular flexibility index (Phi) is 14.7. The number of hydrogen-bond donors (Lipinski definition) is 1. The zero-order valence-corrected chi connectivity index (χ0v) is 10.2. The van der Waals surface area contributed by atoms with Crippen molar-refractivity contribution in [3.05, 3.63) is 0 Å². The first-order chi connectivity index (χ1) is 5.81. The predicted octanol–water partition coefficient (Wildman–Crippen LogP) is 2.48. The van der Waals surface area contributed by atoms with E-state index in [4.69, 9.17) is 17.0 Å². The summed E-state index contributed by atoms with van der Waals surface area (Å²) in [7, 11) is 0. The molecule has 4 heteroatoms. The van der Waals surface area contributed by atoms with E-state index in [1.807, 2.05) is 0 Å². The molecule has 0 saturated carbocycles. The number of rotatable bonds is 6. The van der Waals surface area contributed by atoms with Crippen LogP contribution in [0.5, 0.6) is 0 Å². The molecule has 0 amide bonds. The van der Waals surface area contributed by atoms with Crippen LogP contribution in [0.25, 0.3) is 0 Å². The molecule has 0 atom stereocenters. The third kappa shape index (κ3) is 12.2. The van der Waals surface area contributed by atoms with Crippen LogP contribution in [0.15, 0.2) is 0 Å². The van der Waals surface area contributed by atoms with Crippen LogP contribution in [0, 0.1) is 0 Å². The summed E-state index contributed by atoms with van der Waals surface area (Å²) in [4.78, 5) is 0. The minimum absolute atomic E-state index is 0. The Hall–Kier alpha value is 0.184. The predicted molar refractivity (Wildman–Crippen MR) is 56.4 cm³/mol. The van der Waals surface area contributed by atoms with Gasteiger partial charge in [0.1, 0.15) is 0 Å². The molecular weight excluding hydrogens is 229 g/mol. The zero-order valence-electron chi connectivity index (χ0n) is 8.38. The molecule has 0 heterocycles. The van der Waals surface area contributed by atoms with Gasteiger partial charge in [-0.1, -0.05) is 26.7 Å². The molecule has 0 saturated heterocycles. The van der Waals surface area contributed by atoms with Gasteiger partial charge in [0, 0.05) is 23.0 Å². The summed E-state index contributed by atoms with van der Waals surface area (Å²) in [5.74, 6) is 0. The Labute approximate surface area is 96.7 Å². The van der Waals surface area contributed by atoms with Gasteiger partial charge in [0.05, 0.1) is 6.61 Å². The van der Waals surface area contributed by atoms with Crippen molar-refractivity contribution in [3.63, 3.8) is 0 Å². The molecule has 0 aliphatic heterocycles. The van der Waals surface area contributed by atoms with E-state index in [9.17, 15) is 0 Å². The molecule has 0 aliphatic carbocycles. The van der Waals surface area contributed by atoms with Gasteiger partial charge in [0.15, 0.2) is 0 Å². The fraction of sp³-hybridized carbons (Fsp3) is 0.889. The van der Waals surface area contributed by atoms with Crippen LogP contribution in [0.4, 0.5) is 0 Å². The van der Waals surface area contributed by atoms with Gasteiger partial charge in [0.2, 0.25) is 0 Å². The molecule has 0 aromatic carbocycles. The second-order valence-corrected chi connectivity index (χ2v) is 3.14. The van der Waals surface area contributed by atoms with E-state index >= 15 is 0 Å². The quantitative estimate of drug-likeness (QED) is 0.443. The average molecular weight is 248 g/mol. The van der Waals surface area contributed by atoms with Gasteiger partial charge in [-0.3, -0.25) is 0 Å². The van der Waals surface area contributed by atoms with Crippen molar-refractivity contribution in [2.24, 2.45) is 0 Å². The number of nitrogens with one attached hydrogen (secondary N) is 1. The molecule has 0 spiro atoms. The van der Waals surface area contributed by atoms with Crippen molar-refractivity contribution in [3.8, 4) is 0 Å². The maximum absolute atomic E-state index is 5.25. The molecular formula is C9H19NNiOS. The van der Waals surface area contributed by atoms with Crippen molar-refractivity contribution in [2.45, 2.75) is 39.5 Å². The molecule has 0 aromatic rings. The molecule has 0 bridgehead atoms. The van der Waals surface area contributed by atoms with E-state index in [-0.39, 0.29) is 16.5 Å². The van der Waals surface area contributed by atoms with E-state index in [1.54, 1.807) is 0 Å². The van der Waals surface area contributed by atoms with E-state index in [0.717, 1.165) is 32.4 Å². The Morgan fingerprint density at radius 2 is 1.85 bits per heavy atom. The molecule has 2 nitrogen and oxygen atoms in total. The molecule has 0 aromatic heterocycles. The van der Waals surface area contributed by atoms with Crippen LogP contribution < -0.4 is 5.32 Å². The third-order valence-corrected chi connectivity index (χ3v) is 1.79. The summed E-state index contributed by atoms with van der Waals surface area (Å²) in [6.07, 6.45) is 4.56. The smallest absolute Gasteiger partial charge is 0.256 e. The standard InChI is InChI=1S/C9H19NOS.Ni/c1-3-5-7-10-9(12)11-8-6-4-2;/h3-8H2,1-2H3,(H,10,12);. The summed E-state index contributed by atoms with van der Waals surface area (Å²) in [5.41, 5.74) is 0. The Morgan fingerprint density at radius 1 is 1.23 bits per heavy atom. The van der Waals surface area contributed by atoms with E-state index in [0.29, 0.717) is 5.17 Å². The van der Waals surface area contributed by atoms with Crippen molar-refractivity contribution in [2.75, 3.05) is 13.2 Å². The second-order valence-electron chi connectivity index (χ2n) is 2.77. The summed E-state index contributed by atoms with van der Waals surface area (Å²) in [5, 5.41) is 3.60. The van der Waals surface area contributed by atoms with Crippen LogP contribution in [-0.2, 0) is 21.2 Å². The van der Waals surface area contributed by atoms with Crippen LogP contribution in [0.2, 0.25) is 0 Å². The molecule has 0 fully saturated rings. The summed E-state index contributed by atoms with van der Waals surface area (Å²) in [6.45, 7) is 5.97. The number of hydrogen-bond acceptors (Lipinski definition) is 2. The minimum atomic E-state index is 0. The van der Waals surface area contributed by atoms with Gasteiger partial charge in [-0.05, 0) is 25.1 Å². The summed E-state index contributed by atoms with van der Waals surface area (Å²) >= 11 is 4.95. The average Bonchev–Trinajstić information content (AvgIpc) is 2.06. The molecule has 82 valence electrons. The first kappa shape index (κ1) is 15.6. The fourth-order valence-electron chi connectivity index (χ4n) is 0.727. The Morgan fingerprint density at radius 3 is 2.38 bits per heavy atom. The fourth-order valence-corrected chi connectivity index (χ4v) is 0.913. The summed E-state index contributed by atoms with van der Waals surface area (Å²) in [6, 6.07) is 0. The topological polar surface area (TPSA) is 21.3 Å². The third-order valence-electron chi connectivity index (χ3n) is 1.53. The van der Waals surface area contributed by atoms with Gasteiger partial charge in [0.25, 0.3) is 5.17 Å². The minimum Gasteiger partial charge on any atom is -0.471 e.